The summed E-state index contributed by atoms with van der Waals surface area (Å²) in [5.41, 5.74) is -2.33. The van der Waals surface area contributed by atoms with E-state index in [4.69, 9.17) is 0 Å². The maximum Gasteiger partial charge on any atom is 0.309 e. The Morgan fingerprint density at radius 3 is 1.41 bits per heavy atom. The number of hydrogen-bond donors (Lipinski definition) is 1. The highest BCUT2D eigenvalue weighted by Crippen LogP contribution is 2.49. The van der Waals surface area contributed by atoms with Gasteiger partial charge in [-0.1, -0.05) is 110 Å². The molecule has 0 unspecified atom stereocenters. The Bertz CT molecular complexity index is 846. The average molecular weight is 383 g/mol. The summed E-state index contributed by atoms with van der Waals surface area (Å²) >= 11 is 0. The molecule has 1 N–H and O–H groups in total. The van der Waals surface area contributed by atoms with Gasteiger partial charge in [-0.2, -0.15) is 8.78 Å². The van der Waals surface area contributed by atoms with Gasteiger partial charge < -0.3 is 5.11 Å². The molecular formula is C23H24F2OSi. The van der Waals surface area contributed by atoms with Crippen molar-refractivity contribution in [1.82, 2.24) is 0 Å². The quantitative estimate of drug-likeness (QED) is 0.597. The highest BCUT2D eigenvalue weighted by Gasteiger charge is 2.56. The second kappa shape index (κ2) is 7.02. The second-order valence-electron chi connectivity index (χ2n) is 7.84. The van der Waals surface area contributed by atoms with Gasteiger partial charge in [0.1, 0.15) is 0 Å². The van der Waals surface area contributed by atoms with Crippen LogP contribution in [0.5, 0.6) is 0 Å². The molecule has 0 saturated heterocycles. The summed E-state index contributed by atoms with van der Waals surface area (Å²) in [7, 11) is -1.60. The fourth-order valence-electron chi connectivity index (χ4n) is 3.28. The number of aliphatic hydroxyl groups is 1. The maximum absolute atomic E-state index is 15.8. The van der Waals surface area contributed by atoms with Crippen LogP contribution < -0.4 is 5.19 Å². The van der Waals surface area contributed by atoms with Gasteiger partial charge in [0.05, 0.1) is 8.07 Å². The minimum Gasteiger partial charge on any atom is -0.374 e. The van der Waals surface area contributed by atoms with Crippen LogP contribution in [0.25, 0.3) is 0 Å². The maximum atomic E-state index is 15.8. The SMILES string of the molecule is C[Si](C)(C)c1ccc(C(F)(F)C(O)(c2ccccc2)c2ccccc2)cc1. The van der Waals surface area contributed by atoms with E-state index in [1.165, 1.54) is 36.4 Å². The summed E-state index contributed by atoms with van der Waals surface area (Å²) in [6, 6.07) is 22.7. The summed E-state index contributed by atoms with van der Waals surface area (Å²) in [5, 5.41) is 12.5. The first kappa shape index (κ1) is 19.5. The third-order valence-electron chi connectivity index (χ3n) is 4.95. The average Bonchev–Trinajstić information content (AvgIpc) is 2.68. The molecule has 0 atom stereocenters. The molecule has 0 aliphatic rings. The molecule has 3 rings (SSSR count). The van der Waals surface area contributed by atoms with E-state index < -0.39 is 19.6 Å². The summed E-state index contributed by atoms with van der Waals surface area (Å²) in [4.78, 5) is 0. The van der Waals surface area contributed by atoms with E-state index in [0.29, 0.717) is 0 Å². The van der Waals surface area contributed by atoms with Crippen LogP contribution >= 0.6 is 0 Å². The van der Waals surface area contributed by atoms with Gasteiger partial charge in [-0.15, -0.1) is 0 Å². The molecule has 0 fully saturated rings. The monoisotopic (exact) mass is 382 g/mol. The largest absolute Gasteiger partial charge is 0.374 e. The number of hydrogen-bond acceptors (Lipinski definition) is 1. The highest BCUT2D eigenvalue weighted by atomic mass is 28.3. The lowest BCUT2D eigenvalue weighted by atomic mass is 9.78. The second-order valence-corrected chi connectivity index (χ2v) is 12.9. The number of alkyl halides is 2. The third-order valence-corrected chi connectivity index (χ3v) is 7.02. The minimum absolute atomic E-state index is 0.162. The molecule has 1 nitrogen and oxygen atoms in total. The highest BCUT2D eigenvalue weighted by molar-refractivity contribution is 6.88. The Hall–Kier alpha value is -2.30. The number of halogens is 2. The zero-order chi connectivity index (χ0) is 19.7. The van der Waals surface area contributed by atoms with Crippen LogP contribution in [0.1, 0.15) is 16.7 Å². The normalized spacial score (nSPS) is 12.8. The van der Waals surface area contributed by atoms with Gasteiger partial charge in [0.2, 0.25) is 0 Å². The van der Waals surface area contributed by atoms with Crippen molar-refractivity contribution >= 4 is 13.3 Å². The first-order valence-corrected chi connectivity index (χ1v) is 12.5. The van der Waals surface area contributed by atoms with Crippen LogP contribution in [0.3, 0.4) is 0 Å². The Morgan fingerprint density at radius 1 is 0.630 bits per heavy atom. The van der Waals surface area contributed by atoms with Gasteiger partial charge in [-0.3, -0.25) is 0 Å². The van der Waals surface area contributed by atoms with Crippen LogP contribution in [-0.2, 0) is 11.5 Å². The van der Waals surface area contributed by atoms with E-state index in [1.54, 1.807) is 48.5 Å². The molecule has 0 bridgehead atoms. The van der Waals surface area contributed by atoms with Crippen LogP contribution in [0, 0.1) is 0 Å². The molecule has 3 aromatic carbocycles. The van der Waals surface area contributed by atoms with Crippen molar-refractivity contribution < 1.29 is 13.9 Å². The Morgan fingerprint density at radius 2 is 1.04 bits per heavy atom. The first-order valence-electron chi connectivity index (χ1n) is 8.99. The summed E-state index contributed by atoms with van der Waals surface area (Å²) in [6.45, 7) is 6.51. The smallest absolute Gasteiger partial charge is 0.309 e. The molecule has 0 aliphatic heterocycles. The van der Waals surface area contributed by atoms with Crippen molar-refractivity contribution in [2.24, 2.45) is 0 Å². The van der Waals surface area contributed by atoms with Crippen LogP contribution in [0.4, 0.5) is 8.78 Å². The van der Waals surface area contributed by atoms with Crippen molar-refractivity contribution in [3.05, 3.63) is 102 Å². The summed E-state index contributed by atoms with van der Waals surface area (Å²) in [6.07, 6.45) is 0. The lowest BCUT2D eigenvalue weighted by Gasteiger charge is -2.37. The van der Waals surface area contributed by atoms with Crippen molar-refractivity contribution in [1.29, 1.82) is 0 Å². The fourth-order valence-corrected chi connectivity index (χ4v) is 4.44. The number of rotatable bonds is 5. The molecule has 0 heterocycles. The van der Waals surface area contributed by atoms with E-state index in [2.05, 4.69) is 19.6 Å². The summed E-state index contributed by atoms with van der Waals surface area (Å²) in [5.74, 6) is -3.51. The molecule has 3 aromatic rings. The van der Waals surface area contributed by atoms with E-state index in [9.17, 15) is 5.11 Å². The van der Waals surface area contributed by atoms with Gasteiger partial charge in [-0.05, 0) is 11.1 Å². The lowest BCUT2D eigenvalue weighted by molar-refractivity contribution is -0.171. The Balaban J connectivity index is 2.17. The van der Waals surface area contributed by atoms with Gasteiger partial charge in [0.25, 0.3) is 0 Å². The van der Waals surface area contributed by atoms with Gasteiger partial charge in [0, 0.05) is 5.56 Å². The van der Waals surface area contributed by atoms with Crippen LogP contribution in [0.15, 0.2) is 84.9 Å². The molecule has 27 heavy (non-hydrogen) atoms. The van der Waals surface area contributed by atoms with E-state index >= 15 is 8.78 Å². The molecule has 0 aliphatic carbocycles. The standard InChI is InChI=1S/C23H24F2OSi/c1-27(2,3)21-16-14-20(15-17-21)23(24,25)22(26,18-10-6-4-7-11-18)19-12-8-5-9-13-19/h4-17,26H,1-3H3. The zero-order valence-corrected chi connectivity index (χ0v) is 16.8. The van der Waals surface area contributed by atoms with Gasteiger partial charge in [0.15, 0.2) is 5.60 Å². The fraction of sp³-hybridized carbons (Fsp3) is 0.217. The summed E-state index contributed by atoms with van der Waals surface area (Å²) < 4.78 is 31.5. The first-order chi connectivity index (χ1) is 12.7. The molecular weight excluding hydrogens is 358 g/mol. The molecule has 0 spiro atoms. The molecule has 4 heteroatoms. The predicted octanol–water partition coefficient (Wildman–Crippen LogP) is 5.26. The van der Waals surface area contributed by atoms with Gasteiger partial charge in [-0.25, -0.2) is 0 Å². The van der Waals surface area contributed by atoms with Crippen molar-refractivity contribution in [2.75, 3.05) is 0 Å². The van der Waals surface area contributed by atoms with Crippen LogP contribution in [-0.4, -0.2) is 13.2 Å². The Labute approximate surface area is 160 Å². The predicted molar refractivity (Wildman–Crippen MR) is 109 cm³/mol. The molecule has 0 aromatic heterocycles. The van der Waals surface area contributed by atoms with E-state index in [0.717, 1.165) is 5.19 Å². The van der Waals surface area contributed by atoms with Crippen molar-refractivity contribution in [3.8, 4) is 0 Å². The van der Waals surface area contributed by atoms with Gasteiger partial charge >= 0.3 is 5.92 Å². The minimum atomic E-state index is -3.51. The molecule has 0 amide bonds. The van der Waals surface area contributed by atoms with E-state index in [1.807, 2.05) is 0 Å². The lowest BCUT2D eigenvalue weighted by Crippen LogP contribution is -2.45. The van der Waals surface area contributed by atoms with Crippen molar-refractivity contribution in [3.63, 3.8) is 0 Å². The zero-order valence-electron chi connectivity index (χ0n) is 15.8. The Kier molecular flexibility index (Phi) is 5.06. The third kappa shape index (κ3) is 3.47. The molecule has 140 valence electrons. The van der Waals surface area contributed by atoms with E-state index in [-0.39, 0.29) is 16.7 Å². The molecule has 0 radical (unpaired) electrons. The number of benzene rings is 3. The van der Waals surface area contributed by atoms with Crippen molar-refractivity contribution in [2.45, 2.75) is 31.2 Å². The topological polar surface area (TPSA) is 20.2 Å². The molecule has 0 saturated carbocycles. The van der Waals surface area contributed by atoms with Crippen LogP contribution in [0.2, 0.25) is 19.6 Å².